The summed E-state index contributed by atoms with van der Waals surface area (Å²) in [5.41, 5.74) is 4.63. The van der Waals surface area contributed by atoms with E-state index in [1.165, 1.54) is 0 Å². The van der Waals surface area contributed by atoms with Crippen molar-refractivity contribution in [3.8, 4) is 5.69 Å². The Bertz CT molecular complexity index is 618. The van der Waals surface area contributed by atoms with Crippen LogP contribution in [-0.2, 0) is 12.0 Å². The summed E-state index contributed by atoms with van der Waals surface area (Å²) in [5, 5.41) is 14.7. The molecule has 2 rings (SSSR count). The van der Waals surface area contributed by atoms with Crippen LogP contribution in [0.4, 0.5) is 0 Å². The lowest BCUT2D eigenvalue weighted by Gasteiger charge is -2.16. The van der Waals surface area contributed by atoms with E-state index in [9.17, 15) is 5.11 Å². The predicted octanol–water partition coefficient (Wildman–Crippen LogP) is 3.93. The van der Waals surface area contributed by atoms with E-state index in [2.05, 4.69) is 31.9 Å². The summed E-state index contributed by atoms with van der Waals surface area (Å²) in [6.45, 7) is 10.2. The third-order valence-corrected chi connectivity index (χ3v) is 3.63. The molecule has 3 nitrogen and oxygen atoms in total. The molecule has 1 heterocycles. The molecule has 1 aromatic carbocycles. The average Bonchev–Trinajstić information content (AvgIpc) is 2.64. The molecule has 0 radical (unpaired) electrons. The third kappa shape index (κ3) is 2.74. The normalized spacial score (nSPS) is 11.9. The Morgan fingerprint density at radius 3 is 2.10 bits per heavy atom. The van der Waals surface area contributed by atoms with E-state index in [1.807, 2.05) is 26.0 Å². The standard InChI is InChI=1S/C16H21ClN2O/c1-10-6-11(2)8-12(7-10)19-15(17)13(9-20)14(18-19)16(3,4)5/h6-8,20H,9H2,1-5H3. The maximum absolute atomic E-state index is 9.59. The van der Waals surface area contributed by atoms with Crippen molar-refractivity contribution in [1.29, 1.82) is 0 Å². The van der Waals surface area contributed by atoms with Crippen LogP contribution in [0.1, 0.15) is 43.2 Å². The molecule has 20 heavy (non-hydrogen) atoms. The number of benzene rings is 1. The molecular weight excluding hydrogens is 272 g/mol. The van der Waals surface area contributed by atoms with E-state index in [0.29, 0.717) is 10.7 Å². The molecule has 0 bridgehead atoms. The van der Waals surface area contributed by atoms with Gasteiger partial charge in [-0.3, -0.25) is 0 Å². The van der Waals surface area contributed by atoms with Gasteiger partial charge in [-0.15, -0.1) is 0 Å². The number of hydrogen-bond acceptors (Lipinski definition) is 2. The van der Waals surface area contributed by atoms with Gasteiger partial charge in [0.05, 0.1) is 18.0 Å². The Kier molecular flexibility index (Phi) is 3.94. The van der Waals surface area contributed by atoms with Gasteiger partial charge in [0.15, 0.2) is 0 Å². The zero-order valence-corrected chi connectivity index (χ0v) is 13.4. The number of hydrogen-bond donors (Lipinski definition) is 1. The fourth-order valence-corrected chi connectivity index (χ4v) is 2.70. The van der Waals surface area contributed by atoms with E-state index < -0.39 is 0 Å². The van der Waals surface area contributed by atoms with Crippen molar-refractivity contribution in [2.24, 2.45) is 0 Å². The van der Waals surface area contributed by atoms with Crippen molar-refractivity contribution in [1.82, 2.24) is 9.78 Å². The highest BCUT2D eigenvalue weighted by Crippen LogP contribution is 2.32. The van der Waals surface area contributed by atoms with Crippen LogP contribution in [0.25, 0.3) is 5.69 Å². The zero-order valence-electron chi connectivity index (χ0n) is 12.7. The van der Waals surface area contributed by atoms with Crippen molar-refractivity contribution in [3.63, 3.8) is 0 Å². The second-order valence-electron chi connectivity index (χ2n) is 6.28. The van der Waals surface area contributed by atoms with Crippen LogP contribution >= 0.6 is 11.6 Å². The molecule has 4 heteroatoms. The minimum atomic E-state index is -0.161. The van der Waals surface area contributed by atoms with Gasteiger partial charge in [-0.25, -0.2) is 4.68 Å². The second kappa shape index (κ2) is 5.23. The topological polar surface area (TPSA) is 38.0 Å². The molecular formula is C16H21ClN2O. The Morgan fingerprint density at radius 1 is 1.15 bits per heavy atom. The van der Waals surface area contributed by atoms with Crippen LogP contribution < -0.4 is 0 Å². The molecule has 2 aromatic rings. The maximum atomic E-state index is 9.59. The van der Waals surface area contributed by atoms with Crippen LogP contribution in [0.3, 0.4) is 0 Å². The fourth-order valence-electron chi connectivity index (χ4n) is 2.42. The summed E-state index contributed by atoms with van der Waals surface area (Å²) < 4.78 is 1.72. The van der Waals surface area contributed by atoms with Crippen LogP contribution in [0.5, 0.6) is 0 Å². The largest absolute Gasteiger partial charge is 0.391 e. The number of aryl methyl sites for hydroxylation is 2. The lowest BCUT2D eigenvalue weighted by molar-refractivity contribution is 0.278. The highest BCUT2D eigenvalue weighted by molar-refractivity contribution is 6.30. The molecule has 0 saturated carbocycles. The van der Waals surface area contributed by atoms with E-state index in [0.717, 1.165) is 22.5 Å². The second-order valence-corrected chi connectivity index (χ2v) is 6.64. The zero-order chi connectivity index (χ0) is 15.1. The quantitative estimate of drug-likeness (QED) is 0.910. The highest BCUT2D eigenvalue weighted by atomic mass is 35.5. The first-order valence-corrected chi connectivity index (χ1v) is 7.09. The molecule has 0 aliphatic rings. The minimum absolute atomic E-state index is 0.101. The van der Waals surface area contributed by atoms with Crippen LogP contribution in [0.15, 0.2) is 18.2 Å². The summed E-state index contributed by atoms with van der Waals surface area (Å²) in [6.07, 6.45) is 0. The molecule has 0 saturated heterocycles. The summed E-state index contributed by atoms with van der Waals surface area (Å²) in [7, 11) is 0. The number of halogens is 1. The Balaban J connectivity index is 2.66. The number of aliphatic hydroxyl groups excluding tert-OH is 1. The lowest BCUT2D eigenvalue weighted by Crippen LogP contribution is -2.15. The first kappa shape index (κ1) is 15.1. The summed E-state index contributed by atoms with van der Waals surface area (Å²) in [4.78, 5) is 0. The summed E-state index contributed by atoms with van der Waals surface area (Å²) in [6, 6.07) is 6.19. The van der Waals surface area contributed by atoms with E-state index in [1.54, 1.807) is 4.68 Å². The van der Waals surface area contributed by atoms with Gasteiger partial charge in [-0.2, -0.15) is 5.10 Å². The third-order valence-electron chi connectivity index (χ3n) is 3.24. The molecule has 108 valence electrons. The van der Waals surface area contributed by atoms with E-state index in [4.69, 9.17) is 11.6 Å². The molecule has 0 fully saturated rings. The molecule has 0 spiro atoms. The lowest BCUT2D eigenvalue weighted by atomic mass is 9.90. The Hall–Kier alpha value is -1.32. The van der Waals surface area contributed by atoms with Crippen LogP contribution in [0, 0.1) is 13.8 Å². The van der Waals surface area contributed by atoms with Gasteiger partial charge in [0.1, 0.15) is 5.15 Å². The Labute approximate surface area is 125 Å². The van der Waals surface area contributed by atoms with Crippen molar-refractivity contribution < 1.29 is 5.11 Å². The smallest absolute Gasteiger partial charge is 0.138 e. The van der Waals surface area contributed by atoms with Crippen molar-refractivity contribution in [3.05, 3.63) is 45.7 Å². The van der Waals surface area contributed by atoms with Gasteiger partial charge in [0.2, 0.25) is 0 Å². The minimum Gasteiger partial charge on any atom is -0.391 e. The maximum Gasteiger partial charge on any atom is 0.138 e. The van der Waals surface area contributed by atoms with Gasteiger partial charge >= 0.3 is 0 Å². The molecule has 0 unspecified atom stereocenters. The van der Waals surface area contributed by atoms with Crippen molar-refractivity contribution >= 4 is 11.6 Å². The first-order valence-electron chi connectivity index (χ1n) is 6.71. The summed E-state index contributed by atoms with van der Waals surface area (Å²) in [5.74, 6) is 0. The average molecular weight is 293 g/mol. The van der Waals surface area contributed by atoms with Crippen molar-refractivity contribution in [2.45, 2.75) is 46.6 Å². The number of aromatic nitrogens is 2. The molecule has 1 aromatic heterocycles. The number of aliphatic hydroxyl groups is 1. The van der Waals surface area contributed by atoms with Crippen LogP contribution in [-0.4, -0.2) is 14.9 Å². The molecule has 0 amide bonds. The molecule has 0 atom stereocenters. The Morgan fingerprint density at radius 2 is 1.70 bits per heavy atom. The van der Waals surface area contributed by atoms with Gasteiger partial charge < -0.3 is 5.11 Å². The molecule has 0 aliphatic carbocycles. The van der Waals surface area contributed by atoms with E-state index in [-0.39, 0.29) is 12.0 Å². The molecule has 1 N–H and O–H groups in total. The van der Waals surface area contributed by atoms with E-state index >= 15 is 0 Å². The van der Waals surface area contributed by atoms with Crippen LogP contribution in [0.2, 0.25) is 5.15 Å². The molecule has 0 aliphatic heterocycles. The SMILES string of the molecule is Cc1cc(C)cc(-n2nc(C(C)(C)C)c(CO)c2Cl)c1. The van der Waals surface area contributed by atoms with Gasteiger partial charge in [0.25, 0.3) is 0 Å². The van der Waals surface area contributed by atoms with Gasteiger partial charge in [-0.05, 0) is 37.1 Å². The number of rotatable bonds is 2. The monoisotopic (exact) mass is 292 g/mol. The van der Waals surface area contributed by atoms with Gasteiger partial charge in [-0.1, -0.05) is 38.4 Å². The summed E-state index contributed by atoms with van der Waals surface area (Å²) >= 11 is 6.42. The fraction of sp³-hybridized carbons (Fsp3) is 0.438. The predicted molar refractivity (Wildman–Crippen MR) is 82.7 cm³/mol. The first-order chi connectivity index (χ1) is 9.24. The number of nitrogens with zero attached hydrogens (tertiary/aromatic N) is 2. The van der Waals surface area contributed by atoms with Gasteiger partial charge in [0, 0.05) is 11.0 Å². The highest BCUT2D eigenvalue weighted by Gasteiger charge is 2.26. The van der Waals surface area contributed by atoms with Crippen molar-refractivity contribution in [2.75, 3.05) is 0 Å².